The molecular weight excluding hydrogens is 207 g/mol. The Labute approximate surface area is 94.1 Å². The molecule has 0 radical (unpaired) electrons. The summed E-state index contributed by atoms with van der Waals surface area (Å²) in [7, 11) is 0. The molecule has 0 fully saturated rings. The highest BCUT2D eigenvalue weighted by molar-refractivity contribution is 5.75. The third-order valence-electron chi connectivity index (χ3n) is 3.70. The standard InChI is InChI=1S/C13H15FO2/c1-2-13(12(15)16)6-5-9-3-4-11(14)7-10(9)8-13/h3-4,7H,2,5-6,8H2,1H3,(H,15,16). The Morgan fingerprint density at radius 1 is 1.50 bits per heavy atom. The molecule has 1 aromatic carbocycles. The smallest absolute Gasteiger partial charge is 0.309 e. The molecular formula is C13H15FO2. The average molecular weight is 222 g/mol. The van der Waals surface area contributed by atoms with E-state index in [1.54, 1.807) is 6.07 Å². The normalized spacial score (nSPS) is 23.9. The SMILES string of the molecule is CCC1(C(=O)O)CCc2ccc(F)cc2C1. The van der Waals surface area contributed by atoms with E-state index in [1.165, 1.54) is 12.1 Å². The summed E-state index contributed by atoms with van der Waals surface area (Å²) in [6.45, 7) is 1.89. The Morgan fingerprint density at radius 3 is 2.88 bits per heavy atom. The molecule has 3 heteroatoms. The van der Waals surface area contributed by atoms with Crippen molar-refractivity contribution in [1.29, 1.82) is 0 Å². The number of halogens is 1. The number of rotatable bonds is 2. The van der Waals surface area contributed by atoms with Crippen LogP contribution in [0.1, 0.15) is 30.9 Å². The molecule has 86 valence electrons. The number of hydrogen-bond donors (Lipinski definition) is 1. The minimum atomic E-state index is -0.759. The van der Waals surface area contributed by atoms with E-state index in [2.05, 4.69) is 0 Å². The van der Waals surface area contributed by atoms with E-state index in [4.69, 9.17) is 0 Å². The molecule has 2 rings (SSSR count). The molecule has 16 heavy (non-hydrogen) atoms. The molecule has 1 aliphatic carbocycles. The lowest BCUT2D eigenvalue weighted by molar-refractivity contribution is -0.150. The summed E-state index contributed by atoms with van der Waals surface area (Å²) in [5.74, 6) is -1.04. The van der Waals surface area contributed by atoms with Crippen molar-refractivity contribution in [2.75, 3.05) is 0 Å². The van der Waals surface area contributed by atoms with Crippen molar-refractivity contribution < 1.29 is 14.3 Å². The van der Waals surface area contributed by atoms with Crippen molar-refractivity contribution >= 4 is 5.97 Å². The number of carbonyl (C=O) groups is 1. The molecule has 1 aromatic rings. The average Bonchev–Trinajstić information content (AvgIpc) is 2.27. The lowest BCUT2D eigenvalue weighted by Crippen LogP contribution is -2.36. The molecule has 0 spiro atoms. The van der Waals surface area contributed by atoms with E-state index in [1.807, 2.05) is 6.92 Å². The highest BCUT2D eigenvalue weighted by atomic mass is 19.1. The van der Waals surface area contributed by atoms with Crippen LogP contribution in [0.3, 0.4) is 0 Å². The van der Waals surface area contributed by atoms with Crippen molar-refractivity contribution in [3.05, 3.63) is 35.1 Å². The summed E-state index contributed by atoms with van der Waals surface area (Å²) in [5.41, 5.74) is 1.25. The predicted molar refractivity (Wildman–Crippen MR) is 58.8 cm³/mol. The van der Waals surface area contributed by atoms with Gasteiger partial charge < -0.3 is 5.11 Å². The van der Waals surface area contributed by atoms with Gasteiger partial charge in [0.05, 0.1) is 5.41 Å². The molecule has 0 amide bonds. The molecule has 0 bridgehead atoms. The molecule has 0 heterocycles. The van der Waals surface area contributed by atoms with Crippen molar-refractivity contribution in [2.45, 2.75) is 32.6 Å². The Morgan fingerprint density at radius 2 is 2.25 bits per heavy atom. The van der Waals surface area contributed by atoms with Gasteiger partial charge in [-0.2, -0.15) is 0 Å². The van der Waals surface area contributed by atoms with Crippen LogP contribution in [0.25, 0.3) is 0 Å². The van der Waals surface area contributed by atoms with Gasteiger partial charge in [-0.1, -0.05) is 13.0 Å². The number of carboxylic acid groups (broad SMARTS) is 1. The van der Waals surface area contributed by atoms with Gasteiger partial charge in [-0.15, -0.1) is 0 Å². The van der Waals surface area contributed by atoms with Gasteiger partial charge in [-0.05, 0) is 48.9 Å². The lowest BCUT2D eigenvalue weighted by atomic mass is 9.70. The van der Waals surface area contributed by atoms with Gasteiger partial charge in [0.1, 0.15) is 5.82 Å². The number of fused-ring (bicyclic) bond motifs is 1. The second-order valence-electron chi connectivity index (χ2n) is 4.53. The summed E-state index contributed by atoms with van der Waals surface area (Å²) in [6, 6.07) is 4.69. The second kappa shape index (κ2) is 3.89. The molecule has 1 N–H and O–H groups in total. The minimum Gasteiger partial charge on any atom is -0.481 e. The van der Waals surface area contributed by atoms with Crippen molar-refractivity contribution in [3.8, 4) is 0 Å². The Hall–Kier alpha value is -1.38. The number of benzene rings is 1. The first-order valence-corrected chi connectivity index (χ1v) is 5.58. The van der Waals surface area contributed by atoms with Crippen LogP contribution in [0.5, 0.6) is 0 Å². The summed E-state index contributed by atoms with van der Waals surface area (Å²) in [5, 5.41) is 9.29. The second-order valence-corrected chi connectivity index (χ2v) is 4.53. The third-order valence-corrected chi connectivity index (χ3v) is 3.70. The van der Waals surface area contributed by atoms with Crippen molar-refractivity contribution in [3.63, 3.8) is 0 Å². The van der Waals surface area contributed by atoms with Crippen molar-refractivity contribution in [1.82, 2.24) is 0 Å². The molecule has 1 unspecified atom stereocenters. The number of aliphatic carboxylic acids is 1. The summed E-state index contributed by atoms with van der Waals surface area (Å²) >= 11 is 0. The topological polar surface area (TPSA) is 37.3 Å². The zero-order chi connectivity index (χ0) is 11.8. The van der Waals surface area contributed by atoms with Gasteiger partial charge in [0, 0.05) is 0 Å². The largest absolute Gasteiger partial charge is 0.481 e. The van der Waals surface area contributed by atoms with Crippen LogP contribution in [-0.2, 0) is 17.6 Å². The van der Waals surface area contributed by atoms with Gasteiger partial charge >= 0.3 is 5.97 Å². The van der Waals surface area contributed by atoms with Crippen LogP contribution in [0.4, 0.5) is 4.39 Å². The summed E-state index contributed by atoms with van der Waals surface area (Å²) in [6.07, 6.45) is 2.43. The van der Waals surface area contributed by atoms with E-state index in [9.17, 15) is 14.3 Å². The van der Waals surface area contributed by atoms with Crippen LogP contribution in [0.2, 0.25) is 0 Å². The molecule has 1 aliphatic rings. The summed E-state index contributed by atoms with van der Waals surface area (Å²) < 4.78 is 13.1. The molecule has 0 saturated heterocycles. The van der Waals surface area contributed by atoms with Gasteiger partial charge in [0.15, 0.2) is 0 Å². The number of carboxylic acids is 1. The van der Waals surface area contributed by atoms with Crippen LogP contribution >= 0.6 is 0 Å². The number of hydrogen-bond acceptors (Lipinski definition) is 1. The maximum Gasteiger partial charge on any atom is 0.309 e. The van der Waals surface area contributed by atoms with Crippen LogP contribution in [0, 0.1) is 11.2 Å². The minimum absolute atomic E-state index is 0.281. The fraction of sp³-hybridized carbons (Fsp3) is 0.462. The van der Waals surface area contributed by atoms with Gasteiger partial charge in [-0.3, -0.25) is 4.79 Å². The van der Waals surface area contributed by atoms with Crippen LogP contribution in [-0.4, -0.2) is 11.1 Å². The molecule has 2 nitrogen and oxygen atoms in total. The quantitative estimate of drug-likeness (QED) is 0.835. The van der Waals surface area contributed by atoms with Crippen molar-refractivity contribution in [2.24, 2.45) is 5.41 Å². The fourth-order valence-corrected chi connectivity index (χ4v) is 2.47. The number of aryl methyl sites for hydroxylation is 1. The third kappa shape index (κ3) is 1.70. The highest BCUT2D eigenvalue weighted by Crippen LogP contribution is 2.38. The van der Waals surface area contributed by atoms with Crippen LogP contribution < -0.4 is 0 Å². The summed E-state index contributed by atoms with van der Waals surface area (Å²) in [4.78, 5) is 11.3. The maximum atomic E-state index is 13.1. The lowest BCUT2D eigenvalue weighted by Gasteiger charge is -2.33. The van der Waals surface area contributed by atoms with E-state index in [0.717, 1.165) is 17.5 Å². The zero-order valence-corrected chi connectivity index (χ0v) is 9.29. The highest BCUT2D eigenvalue weighted by Gasteiger charge is 2.39. The first-order chi connectivity index (χ1) is 7.57. The molecule has 0 aromatic heterocycles. The molecule has 0 saturated carbocycles. The molecule has 0 aliphatic heterocycles. The van der Waals surface area contributed by atoms with E-state index in [-0.39, 0.29) is 5.82 Å². The molecule has 1 atom stereocenters. The Bertz CT molecular complexity index is 428. The first kappa shape index (κ1) is 11.1. The van der Waals surface area contributed by atoms with Crippen LogP contribution in [0.15, 0.2) is 18.2 Å². The maximum absolute atomic E-state index is 13.1. The Kier molecular flexibility index (Phi) is 2.70. The Balaban J connectivity index is 2.38. The van der Waals surface area contributed by atoms with Gasteiger partial charge in [0.2, 0.25) is 0 Å². The van der Waals surface area contributed by atoms with E-state index in [0.29, 0.717) is 19.3 Å². The predicted octanol–water partition coefficient (Wildman–Crippen LogP) is 2.80. The monoisotopic (exact) mass is 222 g/mol. The van der Waals surface area contributed by atoms with E-state index < -0.39 is 11.4 Å². The zero-order valence-electron chi connectivity index (χ0n) is 9.29. The van der Waals surface area contributed by atoms with E-state index >= 15 is 0 Å². The van der Waals surface area contributed by atoms with Gasteiger partial charge in [0.25, 0.3) is 0 Å². The first-order valence-electron chi connectivity index (χ1n) is 5.58. The fourth-order valence-electron chi connectivity index (χ4n) is 2.47. The van der Waals surface area contributed by atoms with Gasteiger partial charge in [-0.25, -0.2) is 4.39 Å².